The second-order valence-corrected chi connectivity index (χ2v) is 8.20. The van der Waals surface area contributed by atoms with Gasteiger partial charge in [0, 0.05) is 29.8 Å². The van der Waals surface area contributed by atoms with Gasteiger partial charge in [-0.15, -0.1) is 0 Å². The van der Waals surface area contributed by atoms with Crippen LogP contribution in [0, 0.1) is 6.92 Å². The van der Waals surface area contributed by atoms with Crippen molar-refractivity contribution in [1.29, 1.82) is 0 Å². The number of aromatic nitrogens is 2. The number of fused-ring (bicyclic) bond motifs is 2. The Morgan fingerprint density at radius 3 is 2.88 bits per heavy atom. The zero-order valence-corrected chi connectivity index (χ0v) is 18.5. The average Bonchev–Trinajstić information content (AvgIpc) is 3.39. The minimum atomic E-state index is -0.809. The molecule has 0 saturated heterocycles. The van der Waals surface area contributed by atoms with Crippen LogP contribution in [0.2, 0.25) is 0 Å². The largest absolute Gasteiger partial charge is 0.493 e. The van der Waals surface area contributed by atoms with Gasteiger partial charge in [-0.05, 0) is 42.3 Å². The maximum absolute atomic E-state index is 11.1. The minimum absolute atomic E-state index is 0.0815. The zero-order chi connectivity index (χ0) is 22.9. The van der Waals surface area contributed by atoms with Gasteiger partial charge in [-0.25, -0.2) is 0 Å². The van der Waals surface area contributed by atoms with Gasteiger partial charge in [0.05, 0.1) is 36.9 Å². The molecule has 0 bridgehead atoms. The van der Waals surface area contributed by atoms with Crippen LogP contribution in [0.5, 0.6) is 11.8 Å². The Hall–Kier alpha value is -4.00. The Morgan fingerprint density at radius 1 is 1.21 bits per heavy atom. The minimum Gasteiger partial charge on any atom is -0.493 e. The summed E-state index contributed by atoms with van der Waals surface area (Å²) < 4.78 is 13.3. The Balaban J connectivity index is 1.40. The molecule has 7 heteroatoms. The van der Waals surface area contributed by atoms with Crippen LogP contribution in [0.25, 0.3) is 16.7 Å². The summed E-state index contributed by atoms with van der Waals surface area (Å²) in [6, 6.07) is 20.6. The molecule has 1 aliphatic rings. The smallest absolute Gasteiger partial charge is 0.304 e. The number of aliphatic carboxylic acids is 1. The summed E-state index contributed by atoms with van der Waals surface area (Å²) in [4.78, 5) is 15.7. The number of hydrogen-bond acceptors (Lipinski definition) is 5. The lowest BCUT2D eigenvalue weighted by atomic mass is 9.98. The second kappa shape index (κ2) is 8.50. The molecule has 1 unspecified atom stereocenters. The van der Waals surface area contributed by atoms with Crippen LogP contribution in [0.3, 0.4) is 0 Å². The molecule has 2 N–H and O–H groups in total. The molecule has 168 valence electrons. The second-order valence-electron chi connectivity index (χ2n) is 8.20. The van der Waals surface area contributed by atoms with Gasteiger partial charge < -0.3 is 19.9 Å². The Labute approximate surface area is 191 Å². The van der Waals surface area contributed by atoms with Gasteiger partial charge in [-0.2, -0.15) is 4.98 Å². The first-order valence-electron chi connectivity index (χ1n) is 10.9. The molecule has 0 aliphatic carbocycles. The van der Waals surface area contributed by atoms with Crippen molar-refractivity contribution in [2.45, 2.75) is 25.8 Å². The summed E-state index contributed by atoms with van der Waals surface area (Å²) in [7, 11) is 1.63. The molecule has 5 rings (SSSR count). The number of ether oxygens (including phenoxy) is 2. The van der Waals surface area contributed by atoms with Gasteiger partial charge in [0.1, 0.15) is 5.75 Å². The van der Waals surface area contributed by atoms with E-state index in [1.165, 1.54) is 0 Å². The van der Waals surface area contributed by atoms with Crippen molar-refractivity contribution in [2.24, 2.45) is 0 Å². The van der Waals surface area contributed by atoms with Gasteiger partial charge in [0.15, 0.2) is 0 Å². The number of nitrogens with zero attached hydrogens (tertiary/aromatic N) is 2. The number of nitrogens with one attached hydrogen (secondary N) is 1. The molecule has 7 nitrogen and oxygen atoms in total. The fraction of sp³-hybridized carbons (Fsp3) is 0.231. The predicted molar refractivity (Wildman–Crippen MR) is 127 cm³/mol. The highest BCUT2D eigenvalue weighted by Gasteiger charge is 2.26. The SMILES string of the molecule is COc1nc2ccccc2n1-c1cccc(CNc2ccc3c(c2)OCC3CC(=O)O)c1C. The molecule has 1 atom stereocenters. The molecule has 33 heavy (non-hydrogen) atoms. The average molecular weight is 444 g/mol. The number of carboxylic acid groups (broad SMARTS) is 1. The highest BCUT2D eigenvalue weighted by Crippen LogP contribution is 2.38. The zero-order valence-electron chi connectivity index (χ0n) is 18.5. The molecule has 0 saturated carbocycles. The van der Waals surface area contributed by atoms with Gasteiger partial charge in [-0.3, -0.25) is 9.36 Å². The number of carboxylic acids is 1. The number of anilines is 1. The van der Waals surface area contributed by atoms with E-state index in [1.54, 1.807) is 7.11 Å². The monoisotopic (exact) mass is 443 g/mol. The molecule has 0 fully saturated rings. The predicted octanol–water partition coefficient (Wildman–Crippen LogP) is 4.91. The number of hydrogen-bond donors (Lipinski definition) is 2. The van der Waals surface area contributed by atoms with Crippen molar-refractivity contribution in [1.82, 2.24) is 9.55 Å². The molecular formula is C26H25N3O4. The van der Waals surface area contributed by atoms with Crippen LogP contribution in [0.4, 0.5) is 5.69 Å². The van der Waals surface area contributed by atoms with Crippen molar-refractivity contribution in [3.05, 3.63) is 77.4 Å². The van der Waals surface area contributed by atoms with Gasteiger partial charge >= 0.3 is 12.0 Å². The van der Waals surface area contributed by atoms with Crippen LogP contribution in [-0.2, 0) is 11.3 Å². The quantitative estimate of drug-likeness (QED) is 0.422. The molecule has 4 aromatic rings. The molecule has 1 aromatic heterocycles. The van der Waals surface area contributed by atoms with E-state index in [1.807, 2.05) is 53.1 Å². The van der Waals surface area contributed by atoms with Crippen LogP contribution in [0.1, 0.15) is 29.0 Å². The molecule has 2 heterocycles. The first-order chi connectivity index (χ1) is 16.0. The highest BCUT2D eigenvalue weighted by atomic mass is 16.5. The highest BCUT2D eigenvalue weighted by molar-refractivity contribution is 5.79. The van der Waals surface area contributed by atoms with Crippen LogP contribution < -0.4 is 14.8 Å². The summed E-state index contributed by atoms with van der Waals surface area (Å²) in [5.74, 6) is -0.145. The maximum atomic E-state index is 11.1. The van der Waals surface area contributed by atoms with Gasteiger partial charge in [0.2, 0.25) is 0 Å². The maximum Gasteiger partial charge on any atom is 0.304 e. The normalized spacial score (nSPS) is 14.7. The van der Waals surface area contributed by atoms with Crippen molar-refractivity contribution in [3.63, 3.8) is 0 Å². The molecule has 1 aliphatic heterocycles. The molecule has 0 radical (unpaired) electrons. The van der Waals surface area contributed by atoms with E-state index in [0.29, 0.717) is 19.2 Å². The van der Waals surface area contributed by atoms with E-state index < -0.39 is 5.97 Å². The third-order valence-corrected chi connectivity index (χ3v) is 6.17. The fourth-order valence-electron chi connectivity index (χ4n) is 4.44. The summed E-state index contributed by atoms with van der Waals surface area (Å²) in [6.45, 7) is 3.14. The summed E-state index contributed by atoms with van der Waals surface area (Å²) in [5.41, 5.74) is 7.07. The van der Waals surface area contributed by atoms with Crippen molar-refractivity contribution in [3.8, 4) is 17.4 Å². The van der Waals surface area contributed by atoms with E-state index in [4.69, 9.17) is 14.6 Å². The van der Waals surface area contributed by atoms with Crippen LogP contribution in [0.15, 0.2) is 60.7 Å². The summed E-state index contributed by atoms with van der Waals surface area (Å²) in [5, 5.41) is 12.6. The topological polar surface area (TPSA) is 85.6 Å². The molecule has 0 spiro atoms. The third kappa shape index (κ3) is 3.86. The number of carbonyl (C=O) groups is 1. The lowest BCUT2D eigenvalue weighted by Crippen LogP contribution is -2.07. The lowest BCUT2D eigenvalue weighted by molar-refractivity contribution is -0.137. The van der Waals surface area contributed by atoms with Crippen LogP contribution in [-0.4, -0.2) is 34.3 Å². The van der Waals surface area contributed by atoms with Crippen molar-refractivity contribution in [2.75, 3.05) is 19.0 Å². The molecular weight excluding hydrogens is 418 g/mol. The Morgan fingerprint density at radius 2 is 2.06 bits per heavy atom. The number of imidazole rings is 1. The lowest BCUT2D eigenvalue weighted by Gasteiger charge is -2.16. The van der Waals surface area contributed by atoms with Crippen molar-refractivity contribution < 1.29 is 19.4 Å². The summed E-state index contributed by atoms with van der Waals surface area (Å²) >= 11 is 0. The summed E-state index contributed by atoms with van der Waals surface area (Å²) in [6.07, 6.45) is 0.0815. The number of benzene rings is 3. The van der Waals surface area contributed by atoms with E-state index in [0.717, 1.165) is 44.8 Å². The van der Waals surface area contributed by atoms with Gasteiger partial charge in [0.25, 0.3) is 0 Å². The number of rotatable bonds is 7. The first kappa shape index (κ1) is 20.9. The van der Waals surface area contributed by atoms with E-state index >= 15 is 0 Å². The van der Waals surface area contributed by atoms with E-state index in [2.05, 4.69) is 29.4 Å². The molecule has 3 aromatic carbocycles. The van der Waals surface area contributed by atoms with Gasteiger partial charge in [-0.1, -0.05) is 30.3 Å². The molecule has 0 amide bonds. The fourth-order valence-corrected chi connectivity index (χ4v) is 4.44. The standard InChI is InChI=1S/C26H25N3O4/c1-16-17(14-27-19-10-11-20-18(12-25(30)31)15-33-24(20)13-19)6-5-9-22(16)29-23-8-4-3-7-21(23)28-26(29)32-2/h3-11,13,18,27H,12,14-15H2,1-2H3,(H,30,31). The Kier molecular flexibility index (Phi) is 5.38. The van der Waals surface area contributed by atoms with E-state index in [-0.39, 0.29) is 12.3 Å². The van der Waals surface area contributed by atoms with Crippen molar-refractivity contribution >= 4 is 22.7 Å². The number of para-hydroxylation sites is 2. The first-order valence-corrected chi connectivity index (χ1v) is 10.9. The number of methoxy groups -OCH3 is 1. The van der Waals surface area contributed by atoms with E-state index in [9.17, 15) is 4.79 Å². The Bertz CT molecular complexity index is 1340. The third-order valence-electron chi connectivity index (χ3n) is 6.17. The van der Waals surface area contributed by atoms with Crippen LogP contribution >= 0.6 is 0 Å².